The van der Waals surface area contributed by atoms with E-state index in [-0.39, 0.29) is 5.56 Å². The Hall–Kier alpha value is -2.96. The molecule has 0 aliphatic heterocycles. The summed E-state index contributed by atoms with van der Waals surface area (Å²) in [7, 11) is 2.96. The van der Waals surface area contributed by atoms with Crippen molar-refractivity contribution in [2.45, 2.75) is 6.18 Å². The second-order valence-electron chi connectivity index (χ2n) is 5.02. The second-order valence-corrected chi connectivity index (χ2v) is 5.02. The van der Waals surface area contributed by atoms with Gasteiger partial charge in [0.1, 0.15) is 0 Å². The van der Waals surface area contributed by atoms with Gasteiger partial charge in [-0.25, -0.2) is 0 Å². The summed E-state index contributed by atoms with van der Waals surface area (Å²) in [4.78, 5) is 11.9. The molecule has 0 bridgehead atoms. The van der Waals surface area contributed by atoms with Crippen LogP contribution in [0.25, 0.3) is 6.08 Å². The van der Waals surface area contributed by atoms with E-state index in [1.165, 1.54) is 32.4 Å². The first-order chi connectivity index (χ1) is 11.8. The molecule has 2 rings (SSSR count). The molecule has 0 saturated heterocycles. The highest BCUT2D eigenvalue weighted by Gasteiger charge is 2.30. The minimum Gasteiger partial charge on any atom is -0.493 e. The number of anilines is 1. The molecule has 25 heavy (non-hydrogen) atoms. The van der Waals surface area contributed by atoms with Crippen LogP contribution in [0.1, 0.15) is 11.1 Å². The SMILES string of the molecule is COc1ccc(NC(=O)C=Cc2cccc(C(F)(F)F)c2)cc1OC. The smallest absolute Gasteiger partial charge is 0.416 e. The number of halogens is 3. The molecule has 2 aromatic carbocycles. The highest BCUT2D eigenvalue weighted by atomic mass is 19.4. The molecule has 132 valence electrons. The predicted molar refractivity (Wildman–Crippen MR) is 88.7 cm³/mol. The Morgan fingerprint density at radius 1 is 1.04 bits per heavy atom. The molecule has 0 spiro atoms. The summed E-state index contributed by atoms with van der Waals surface area (Å²) in [5.74, 6) is 0.479. The Kier molecular flexibility index (Phi) is 5.69. The highest BCUT2D eigenvalue weighted by molar-refractivity contribution is 6.02. The van der Waals surface area contributed by atoms with Crippen LogP contribution < -0.4 is 14.8 Å². The first-order valence-electron chi connectivity index (χ1n) is 7.22. The molecule has 0 aliphatic rings. The first kappa shape index (κ1) is 18.4. The molecular weight excluding hydrogens is 335 g/mol. The molecule has 4 nitrogen and oxygen atoms in total. The van der Waals surface area contributed by atoms with Crippen LogP contribution in [0.2, 0.25) is 0 Å². The lowest BCUT2D eigenvalue weighted by atomic mass is 10.1. The summed E-state index contributed by atoms with van der Waals surface area (Å²) < 4.78 is 48.2. The molecule has 0 fully saturated rings. The van der Waals surface area contributed by atoms with Crippen LogP contribution in [-0.2, 0) is 11.0 Å². The zero-order valence-corrected chi connectivity index (χ0v) is 13.6. The maximum Gasteiger partial charge on any atom is 0.416 e. The van der Waals surface area contributed by atoms with Gasteiger partial charge in [-0.1, -0.05) is 12.1 Å². The molecular formula is C18H16F3NO3. The van der Waals surface area contributed by atoms with E-state index in [1.54, 1.807) is 18.2 Å². The molecule has 0 radical (unpaired) electrons. The van der Waals surface area contributed by atoms with Crippen molar-refractivity contribution in [2.24, 2.45) is 0 Å². The standard InChI is InChI=1S/C18H16F3NO3/c1-24-15-8-7-14(11-16(15)25-2)22-17(23)9-6-12-4-3-5-13(10-12)18(19,20)21/h3-11H,1-2H3,(H,22,23). The number of hydrogen-bond donors (Lipinski definition) is 1. The van der Waals surface area contributed by atoms with Gasteiger partial charge in [0.15, 0.2) is 11.5 Å². The summed E-state index contributed by atoms with van der Waals surface area (Å²) in [5.41, 5.74) is -0.0245. The number of carbonyl (C=O) groups is 1. The molecule has 0 aliphatic carbocycles. The minimum atomic E-state index is -4.42. The zero-order valence-electron chi connectivity index (χ0n) is 13.6. The Morgan fingerprint density at radius 3 is 2.40 bits per heavy atom. The van der Waals surface area contributed by atoms with Crippen molar-refractivity contribution >= 4 is 17.7 Å². The average molecular weight is 351 g/mol. The van der Waals surface area contributed by atoms with Crippen molar-refractivity contribution < 1.29 is 27.4 Å². The number of hydrogen-bond acceptors (Lipinski definition) is 3. The third-order valence-electron chi connectivity index (χ3n) is 3.29. The van der Waals surface area contributed by atoms with Crippen LogP contribution in [0.3, 0.4) is 0 Å². The van der Waals surface area contributed by atoms with Gasteiger partial charge in [-0.3, -0.25) is 4.79 Å². The van der Waals surface area contributed by atoms with Crippen LogP contribution in [0.4, 0.5) is 18.9 Å². The summed E-state index contributed by atoms with van der Waals surface area (Å²) in [6, 6.07) is 9.54. The number of amides is 1. The lowest BCUT2D eigenvalue weighted by molar-refractivity contribution is -0.137. The fourth-order valence-electron chi connectivity index (χ4n) is 2.09. The van der Waals surface area contributed by atoms with Crippen LogP contribution in [0.15, 0.2) is 48.5 Å². The third kappa shape index (κ3) is 5.00. The number of carbonyl (C=O) groups excluding carboxylic acids is 1. The van der Waals surface area contributed by atoms with Crippen molar-refractivity contribution in [1.29, 1.82) is 0 Å². The summed E-state index contributed by atoms with van der Waals surface area (Å²) in [6.07, 6.45) is -1.96. The zero-order chi connectivity index (χ0) is 18.4. The number of rotatable bonds is 5. The molecule has 0 saturated carbocycles. The van der Waals surface area contributed by atoms with Gasteiger partial charge in [-0.15, -0.1) is 0 Å². The summed E-state index contributed by atoms with van der Waals surface area (Å²) >= 11 is 0. The lowest BCUT2D eigenvalue weighted by Crippen LogP contribution is -2.08. The quantitative estimate of drug-likeness (QED) is 0.814. The van der Waals surface area contributed by atoms with Gasteiger partial charge >= 0.3 is 6.18 Å². The van der Waals surface area contributed by atoms with E-state index in [4.69, 9.17) is 9.47 Å². The van der Waals surface area contributed by atoms with Crippen LogP contribution in [0, 0.1) is 0 Å². The number of alkyl halides is 3. The predicted octanol–water partition coefficient (Wildman–Crippen LogP) is 4.37. The van der Waals surface area contributed by atoms with E-state index in [0.29, 0.717) is 17.2 Å². The van der Waals surface area contributed by atoms with Gasteiger partial charge in [0, 0.05) is 17.8 Å². The monoisotopic (exact) mass is 351 g/mol. The third-order valence-corrected chi connectivity index (χ3v) is 3.29. The van der Waals surface area contributed by atoms with Crippen molar-refractivity contribution in [3.05, 3.63) is 59.7 Å². The van der Waals surface area contributed by atoms with Gasteiger partial charge in [0.05, 0.1) is 19.8 Å². The lowest BCUT2D eigenvalue weighted by Gasteiger charge is -2.09. The Morgan fingerprint density at radius 2 is 1.76 bits per heavy atom. The topological polar surface area (TPSA) is 47.6 Å². The van der Waals surface area contributed by atoms with E-state index in [9.17, 15) is 18.0 Å². The van der Waals surface area contributed by atoms with Gasteiger partial charge in [0.2, 0.25) is 5.91 Å². The van der Waals surface area contributed by atoms with Crippen molar-refractivity contribution in [3.63, 3.8) is 0 Å². The van der Waals surface area contributed by atoms with Gasteiger partial charge in [-0.05, 0) is 35.9 Å². The maximum atomic E-state index is 12.7. The van der Waals surface area contributed by atoms with E-state index >= 15 is 0 Å². The highest BCUT2D eigenvalue weighted by Crippen LogP contribution is 2.30. The minimum absolute atomic E-state index is 0.275. The molecule has 1 N–H and O–H groups in total. The fraction of sp³-hybridized carbons (Fsp3) is 0.167. The van der Waals surface area contributed by atoms with Crippen molar-refractivity contribution in [2.75, 3.05) is 19.5 Å². The largest absolute Gasteiger partial charge is 0.493 e. The van der Waals surface area contributed by atoms with E-state index in [2.05, 4.69) is 5.32 Å². The van der Waals surface area contributed by atoms with E-state index < -0.39 is 17.6 Å². The van der Waals surface area contributed by atoms with Crippen LogP contribution >= 0.6 is 0 Å². The summed E-state index contributed by atoms with van der Waals surface area (Å²) in [5, 5.41) is 2.60. The van der Waals surface area contributed by atoms with Gasteiger partial charge in [-0.2, -0.15) is 13.2 Å². The number of nitrogens with one attached hydrogen (secondary N) is 1. The number of methoxy groups -OCH3 is 2. The first-order valence-corrected chi connectivity index (χ1v) is 7.22. The Balaban J connectivity index is 2.09. The summed E-state index contributed by atoms with van der Waals surface area (Å²) in [6.45, 7) is 0. The number of ether oxygens (including phenoxy) is 2. The average Bonchev–Trinajstić information content (AvgIpc) is 2.59. The molecule has 0 unspecified atom stereocenters. The molecule has 1 amide bonds. The molecule has 0 aromatic heterocycles. The van der Waals surface area contributed by atoms with E-state index in [1.807, 2.05) is 0 Å². The molecule has 0 atom stereocenters. The van der Waals surface area contributed by atoms with E-state index in [0.717, 1.165) is 18.2 Å². The second kappa shape index (κ2) is 7.74. The van der Waals surface area contributed by atoms with Crippen molar-refractivity contribution in [3.8, 4) is 11.5 Å². The fourth-order valence-corrected chi connectivity index (χ4v) is 2.09. The van der Waals surface area contributed by atoms with Gasteiger partial charge in [0.25, 0.3) is 0 Å². The van der Waals surface area contributed by atoms with Crippen LogP contribution in [-0.4, -0.2) is 20.1 Å². The number of benzene rings is 2. The molecule has 0 heterocycles. The molecule has 2 aromatic rings. The molecule has 7 heteroatoms. The van der Waals surface area contributed by atoms with Gasteiger partial charge < -0.3 is 14.8 Å². The Bertz CT molecular complexity index is 785. The van der Waals surface area contributed by atoms with Crippen LogP contribution in [0.5, 0.6) is 11.5 Å². The normalized spacial score (nSPS) is 11.4. The van der Waals surface area contributed by atoms with Crippen molar-refractivity contribution in [1.82, 2.24) is 0 Å². The maximum absolute atomic E-state index is 12.7. The Labute approximate surface area is 142 Å².